The number of thioether (sulfide) groups is 1. The highest BCUT2D eigenvalue weighted by Crippen LogP contribution is 2.40. The van der Waals surface area contributed by atoms with E-state index in [-0.39, 0.29) is 21.3 Å². The van der Waals surface area contributed by atoms with E-state index in [9.17, 15) is 26.9 Å². The third-order valence-electron chi connectivity index (χ3n) is 6.01. The summed E-state index contributed by atoms with van der Waals surface area (Å²) in [6, 6.07) is 19.3. The Bertz CT molecular complexity index is 1910. The van der Waals surface area contributed by atoms with E-state index in [4.69, 9.17) is 4.74 Å². The van der Waals surface area contributed by atoms with Gasteiger partial charge in [0, 0.05) is 23.3 Å². The van der Waals surface area contributed by atoms with E-state index < -0.39 is 21.8 Å². The summed E-state index contributed by atoms with van der Waals surface area (Å²) in [4.78, 5) is 8.05. The van der Waals surface area contributed by atoms with E-state index in [1.54, 1.807) is 41.9 Å². The molecule has 5 rings (SSSR count). The third kappa shape index (κ3) is 6.41. The molecule has 3 aromatic carbocycles. The van der Waals surface area contributed by atoms with Crippen LogP contribution in [0.4, 0.5) is 18.3 Å². The summed E-state index contributed by atoms with van der Waals surface area (Å²) in [5, 5.41) is 12.3. The Morgan fingerprint density at radius 1 is 0.929 bits per heavy atom. The number of nitrogens with one attached hydrogen (secondary N) is 1. The van der Waals surface area contributed by atoms with Gasteiger partial charge >= 0.3 is 6.18 Å². The first-order valence-corrected chi connectivity index (χ1v) is 15.6. The van der Waals surface area contributed by atoms with Gasteiger partial charge in [0.15, 0.2) is 5.13 Å². The number of nitriles is 1. The number of sulfonamides is 1. The summed E-state index contributed by atoms with van der Waals surface area (Å²) >= 11 is 2.53. The van der Waals surface area contributed by atoms with Gasteiger partial charge in [-0.1, -0.05) is 18.2 Å². The second-order valence-corrected chi connectivity index (χ2v) is 12.1. The smallest absolute Gasteiger partial charge is 0.416 e. The second kappa shape index (κ2) is 11.8. The number of hydrogen-bond donors (Lipinski definition) is 1. The maximum absolute atomic E-state index is 13.4. The fourth-order valence-electron chi connectivity index (χ4n) is 4.01. The predicted molar refractivity (Wildman–Crippen MR) is 156 cm³/mol. The molecule has 0 aliphatic rings. The van der Waals surface area contributed by atoms with Crippen molar-refractivity contribution >= 4 is 38.3 Å². The average molecular weight is 625 g/mol. The summed E-state index contributed by atoms with van der Waals surface area (Å²) < 4.78 is 74.3. The minimum absolute atomic E-state index is 0.0375. The Morgan fingerprint density at radius 3 is 2.43 bits per heavy atom. The third-order valence-corrected chi connectivity index (χ3v) is 8.81. The van der Waals surface area contributed by atoms with Crippen LogP contribution in [0.2, 0.25) is 0 Å². The van der Waals surface area contributed by atoms with Gasteiger partial charge in [-0.05, 0) is 77.5 Å². The fourth-order valence-corrected chi connectivity index (χ4v) is 6.23. The van der Waals surface area contributed by atoms with Gasteiger partial charge in [-0.25, -0.2) is 18.4 Å². The van der Waals surface area contributed by atoms with Crippen molar-refractivity contribution in [2.75, 3.05) is 11.0 Å². The number of alkyl halides is 3. The number of halogens is 3. The quantitative estimate of drug-likeness (QED) is 0.174. The zero-order valence-corrected chi connectivity index (χ0v) is 24.0. The molecule has 0 saturated heterocycles. The molecule has 5 aromatic rings. The van der Waals surface area contributed by atoms with Crippen LogP contribution in [0.3, 0.4) is 0 Å². The van der Waals surface area contributed by atoms with E-state index in [2.05, 4.69) is 14.7 Å². The molecule has 13 heteroatoms. The molecule has 0 amide bonds. The molecule has 212 valence electrons. The van der Waals surface area contributed by atoms with E-state index >= 15 is 0 Å². The van der Waals surface area contributed by atoms with Gasteiger partial charge in [0.25, 0.3) is 10.0 Å². The van der Waals surface area contributed by atoms with Gasteiger partial charge in [-0.15, -0.1) is 23.1 Å². The van der Waals surface area contributed by atoms with Gasteiger partial charge in [0.05, 0.1) is 21.0 Å². The van der Waals surface area contributed by atoms with Gasteiger partial charge in [0.1, 0.15) is 17.6 Å². The second-order valence-electron chi connectivity index (χ2n) is 8.69. The summed E-state index contributed by atoms with van der Waals surface area (Å²) in [6.45, 7) is 0. The molecule has 42 heavy (non-hydrogen) atoms. The summed E-state index contributed by atoms with van der Waals surface area (Å²) in [5.74, 6) is 0.398. The molecule has 2 heterocycles. The molecule has 0 unspecified atom stereocenters. The molecule has 0 fully saturated rings. The monoisotopic (exact) mass is 624 g/mol. The molecule has 0 aliphatic heterocycles. The largest absolute Gasteiger partial charge is 0.455 e. The normalized spacial score (nSPS) is 11.6. The van der Waals surface area contributed by atoms with E-state index in [1.165, 1.54) is 42.2 Å². The number of rotatable bonds is 8. The van der Waals surface area contributed by atoms with Crippen LogP contribution in [0, 0.1) is 11.3 Å². The first kappa shape index (κ1) is 29.1. The molecule has 0 atom stereocenters. The highest BCUT2D eigenvalue weighted by molar-refractivity contribution is 7.98. The van der Waals surface area contributed by atoms with Crippen LogP contribution in [-0.4, -0.2) is 24.6 Å². The number of ether oxygens (including phenoxy) is 1. The summed E-state index contributed by atoms with van der Waals surface area (Å²) in [6.07, 6.45) is 0.433. The van der Waals surface area contributed by atoms with Crippen molar-refractivity contribution in [2.45, 2.75) is 16.1 Å². The van der Waals surface area contributed by atoms with Crippen molar-refractivity contribution in [1.29, 1.82) is 5.26 Å². The Morgan fingerprint density at radius 2 is 1.71 bits per heavy atom. The molecular formula is C29H19F3N4O3S3. The van der Waals surface area contributed by atoms with Crippen LogP contribution in [0.5, 0.6) is 11.5 Å². The van der Waals surface area contributed by atoms with Crippen LogP contribution < -0.4 is 9.46 Å². The zero-order valence-electron chi connectivity index (χ0n) is 21.6. The summed E-state index contributed by atoms with van der Waals surface area (Å²) in [7, 11) is -4.01. The molecule has 0 spiro atoms. The van der Waals surface area contributed by atoms with Crippen molar-refractivity contribution in [3.63, 3.8) is 0 Å². The maximum Gasteiger partial charge on any atom is 0.416 e. The Hall–Kier alpha value is -4.38. The van der Waals surface area contributed by atoms with Gasteiger partial charge < -0.3 is 4.74 Å². The number of aromatic nitrogens is 2. The number of anilines is 1. The van der Waals surface area contributed by atoms with Crippen molar-refractivity contribution in [2.24, 2.45) is 0 Å². The first-order valence-electron chi connectivity index (χ1n) is 12.0. The minimum Gasteiger partial charge on any atom is -0.455 e. The molecule has 0 saturated carbocycles. The average Bonchev–Trinajstić information content (AvgIpc) is 3.49. The highest BCUT2D eigenvalue weighted by Gasteiger charge is 2.30. The molecule has 2 aromatic heterocycles. The van der Waals surface area contributed by atoms with Crippen LogP contribution in [0.25, 0.3) is 22.3 Å². The van der Waals surface area contributed by atoms with Gasteiger partial charge in [0.2, 0.25) is 0 Å². The van der Waals surface area contributed by atoms with Crippen LogP contribution in [-0.2, 0) is 16.2 Å². The van der Waals surface area contributed by atoms with E-state index in [1.807, 2.05) is 18.4 Å². The maximum atomic E-state index is 13.4. The van der Waals surface area contributed by atoms with Crippen molar-refractivity contribution in [3.8, 4) is 39.8 Å². The summed E-state index contributed by atoms with van der Waals surface area (Å²) in [5.41, 5.74) is 1.29. The standard InChI is InChI=1S/C29H19F3N4O3S3/c1-40-27-16-20(9-10-34-27)24-15-19(18-3-2-4-22(13-18)29(30,31)32)5-7-26(24)39-25-8-6-23(14-21(25)17-33)42(37,38)36-28-35-11-12-41-28/h2-16H,1H3,(H,35,36). The SMILES string of the molecule is CSc1cc(-c2cc(-c3cccc(C(F)(F)F)c3)ccc2Oc2ccc(S(=O)(=O)Nc3nccs3)cc2C#N)ccn1. The van der Waals surface area contributed by atoms with E-state index in [0.29, 0.717) is 33.0 Å². The molecule has 1 N–H and O–H groups in total. The molecule has 0 aliphatic carbocycles. The van der Waals surface area contributed by atoms with Crippen molar-refractivity contribution < 1.29 is 26.3 Å². The van der Waals surface area contributed by atoms with Crippen molar-refractivity contribution in [3.05, 3.63) is 102 Å². The highest BCUT2D eigenvalue weighted by atomic mass is 32.2. The Labute approximate surface area is 247 Å². The lowest BCUT2D eigenvalue weighted by Crippen LogP contribution is -2.13. The van der Waals surface area contributed by atoms with E-state index in [0.717, 1.165) is 23.5 Å². The molecule has 0 bridgehead atoms. The van der Waals surface area contributed by atoms with Crippen molar-refractivity contribution in [1.82, 2.24) is 9.97 Å². The number of thiazole rings is 1. The zero-order chi connectivity index (χ0) is 29.9. The topological polar surface area (TPSA) is 105 Å². The van der Waals surface area contributed by atoms with Gasteiger partial charge in [-0.2, -0.15) is 18.4 Å². The van der Waals surface area contributed by atoms with Crippen LogP contribution in [0.15, 0.2) is 100 Å². The number of hydrogen-bond acceptors (Lipinski definition) is 8. The number of nitrogens with zero attached hydrogens (tertiary/aromatic N) is 3. The first-order chi connectivity index (χ1) is 20.1. The lowest BCUT2D eigenvalue weighted by atomic mass is 9.97. The molecular weight excluding hydrogens is 606 g/mol. The molecule has 7 nitrogen and oxygen atoms in total. The molecule has 0 radical (unpaired) electrons. The lowest BCUT2D eigenvalue weighted by molar-refractivity contribution is -0.137. The van der Waals surface area contributed by atoms with Crippen LogP contribution >= 0.6 is 23.1 Å². The number of pyridine rings is 1. The fraction of sp³-hybridized carbons (Fsp3) is 0.0690. The minimum atomic E-state index is -4.50. The Balaban J connectivity index is 1.56. The number of benzene rings is 3. The van der Waals surface area contributed by atoms with Gasteiger partial charge in [-0.3, -0.25) is 4.72 Å². The predicted octanol–water partition coefficient (Wildman–Crippen LogP) is 8.08. The van der Waals surface area contributed by atoms with Crippen LogP contribution in [0.1, 0.15) is 11.1 Å². The Kier molecular flexibility index (Phi) is 8.22. The lowest BCUT2D eigenvalue weighted by Gasteiger charge is -2.16.